The zero-order valence-corrected chi connectivity index (χ0v) is 23.8. The topological polar surface area (TPSA) is 27.1 Å². The van der Waals surface area contributed by atoms with Gasteiger partial charge in [0, 0.05) is 22.2 Å². The summed E-state index contributed by atoms with van der Waals surface area (Å²) in [7, 11) is 0. The van der Waals surface area contributed by atoms with Crippen LogP contribution in [-0.4, -0.2) is 9.55 Å². The number of hydrogen-bond acceptors (Lipinski definition) is 2. The lowest BCUT2D eigenvalue weighted by molar-refractivity contribution is 0.487. The fraction of sp³-hybridized carbons (Fsp3) is 0. The van der Waals surface area contributed by atoms with Gasteiger partial charge in [-0.2, -0.15) is 0 Å². The number of fused-ring (bicyclic) bond motifs is 3. The summed E-state index contributed by atoms with van der Waals surface area (Å²) < 4.78 is 8.65. The normalized spacial score (nSPS) is 11.8. The van der Waals surface area contributed by atoms with Crippen molar-refractivity contribution in [2.75, 3.05) is 0 Å². The molecule has 0 unspecified atom stereocenters. The van der Waals surface area contributed by atoms with E-state index in [2.05, 4.69) is 150 Å². The van der Waals surface area contributed by atoms with Crippen LogP contribution in [0.3, 0.4) is 0 Å². The van der Waals surface area contributed by atoms with E-state index in [9.17, 15) is 0 Å². The lowest BCUT2D eigenvalue weighted by atomic mass is 9.92. The van der Waals surface area contributed by atoms with E-state index in [1.54, 1.807) is 0 Å². The van der Waals surface area contributed by atoms with E-state index in [0.29, 0.717) is 0 Å². The third-order valence-electron chi connectivity index (χ3n) is 8.63. The van der Waals surface area contributed by atoms with Gasteiger partial charge < -0.3 is 4.74 Å². The molecule has 8 aromatic rings. The second-order valence-corrected chi connectivity index (χ2v) is 11.2. The molecule has 1 aliphatic heterocycles. The number of imidazole rings is 1. The van der Waals surface area contributed by atoms with Crippen molar-refractivity contribution in [1.82, 2.24) is 9.55 Å². The number of hydrogen-bond donors (Lipinski definition) is 0. The Morgan fingerprint density at radius 3 is 1.91 bits per heavy atom. The molecule has 0 radical (unpaired) electrons. The molecule has 0 fully saturated rings. The van der Waals surface area contributed by atoms with Crippen molar-refractivity contribution in [2.45, 2.75) is 0 Å². The Bertz CT molecular complexity index is 2330. The molecule has 0 atom stereocenters. The van der Waals surface area contributed by atoms with E-state index >= 15 is 0 Å². The number of para-hydroxylation sites is 2. The molecule has 0 amide bonds. The van der Waals surface area contributed by atoms with Gasteiger partial charge in [-0.25, -0.2) is 4.98 Å². The SMILES string of the molecule is c1ccc(-c2nc3ccccc3n2-c2ccc(-c3ccc(-c4ccc5c(c4)Oc4cccc6cccc-5c46)cc3)cc2)cc1. The highest BCUT2D eigenvalue weighted by Crippen LogP contribution is 2.47. The highest BCUT2D eigenvalue weighted by molar-refractivity contribution is 6.04. The second-order valence-electron chi connectivity index (χ2n) is 11.2. The van der Waals surface area contributed by atoms with Gasteiger partial charge in [0.25, 0.3) is 0 Å². The van der Waals surface area contributed by atoms with Crippen LogP contribution in [0.15, 0.2) is 158 Å². The minimum Gasteiger partial charge on any atom is -0.456 e. The first-order valence-electron chi connectivity index (χ1n) is 14.9. The van der Waals surface area contributed by atoms with Gasteiger partial charge in [0.1, 0.15) is 17.3 Å². The maximum absolute atomic E-state index is 6.40. The summed E-state index contributed by atoms with van der Waals surface area (Å²) in [6, 6.07) is 55.5. The molecule has 206 valence electrons. The monoisotopic (exact) mass is 562 g/mol. The van der Waals surface area contributed by atoms with E-state index in [1.807, 2.05) is 12.1 Å². The fourth-order valence-electron chi connectivity index (χ4n) is 6.47. The summed E-state index contributed by atoms with van der Waals surface area (Å²) in [6.45, 7) is 0. The molecule has 2 heterocycles. The molecule has 0 aliphatic carbocycles. The van der Waals surface area contributed by atoms with Crippen molar-refractivity contribution in [3.8, 4) is 62.0 Å². The summed E-state index contributed by atoms with van der Waals surface area (Å²) in [6.07, 6.45) is 0. The molecule has 9 rings (SSSR count). The average Bonchev–Trinajstić information content (AvgIpc) is 3.49. The van der Waals surface area contributed by atoms with Gasteiger partial charge >= 0.3 is 0 Å². The van der Waals surface area contributed by atoms with Gasteiger partial charge in [0.05, 0.1) is 11.0 Å². The van der Waals surface area contributed by atoms with Crippen LogP contribution >= 0.6 is 0 Å². The lowest BCUT2D eigenvalue weighted by Gasteiger charge is -2.22. The summed E-state index contributed by atoms with van der Waals surface area (Å²) in [5, 5.41) is 2.39. The molecule has 0 saturated carbocycles. The molecule has 1 aliphatic rings. The predicted octanol–water partition coefficient (Wildman–Crippen LogP) is 11.0. The molecule has 0 N–H and O–H groups in total. The molecule has 7 aromatic carbocycles. The van der Waals surface area contributed by atoms with Crippen molar-refractivity contribution < 1.29 is 4.74 Å². The minimum absolute atomic E-state index is 0.898. The zero-order valence-electron chi connectivity index (χ0n) is 23.8. The molecule has 0 bridgehead atoms. The Morgan fingerprint density at radius 1 is 0.455 bits per heavy atom. The first-order valence-corrected chi connectivity index (χ1v) is 14.9. The van der Waals surface area contributed by atoms with Crippen LogP contribution in [0.2, 0.25) is 0 Å². The van der Waals surface area contributed by atoms with Crippen LogP contribution in [0, 0.1) is 0 Å². The third-order valence-corrected chi connectivity index (χ3v) is 8.63. The van der Waals surface area contributed by atoms with Crippen LogP contribution in [0.5, 0.6) is 11.5 Å². The quantitative estimate of drug-likeness (QED) is 0.213. The van der Waals surface area contributed by atoms with E-state index in [1.165, 1.54) is 27.5 Å². The highest BCUT2D eigenvalue weighted by atomic mass is 16.5. The fourth-order valence-corrected chi connectivity index (χ4v) is 6.47. The van der Waals surface area contributed by atoms with E-state index in [-0.39, 0.29) is 0 Å². The summed E-state index contributed by atoms with van der Waals surface area (Å²) >= 11 is 0. The largest absolute Gasteiger partial charge is 0.456 e. The van der Waals surface area contributed by atoms with Crippen molar-refractivity contribution in [1.29, 1.82) is 0 Å². The van der Waals surface area contributed by atoms with Crippen LogP contribution < -0.4 is 4.74 Å². The van der Waals surface area contributed by atoms with Gasteiger partial charge in [-0.3, -0.25) is 4.57 Å². The molecule has 0 saturated heterocycles. The van der Waals surface area contributed by atoms with E-state index < -0.39 is 0 Å². The molecular formula is C41H26N2O. The van der Waals surface area contributed by atoms with Crippen molar-refractivity contribution in [3.05, 3.63) is 158 Å². The molecule has 1 aromatic heterocycles. The van der Waals surface area contributed by atoms with Gasteiger partial charge in [-0.15, -0.1) is 0 Å². The van der Waals surface area contributed by atoms with Gasteiger partial charge in [0.15, 0.2) is 0 Å². The van der Waals surface area contributed by atoms with Crippen LogP contribution in [-0.2, 0) is 0 Å². The summed E-state index contributed by atoms with van der Waals surface area (Å²) in [5.74, 6) is 2.76. The van der Waals surface area contributed by atoms with Gasteiger partial charge in [0.2, 0.25) is 0 Å². The van der Waals surface area contributed by atoms with Gasteiger partial charge in [-0.1, -0.05) is 115 Å². The summed E-state index contributed by atoms with van der Waals surface area (Å²) in [4.78, 5) is 4.98. The standard InChI is InChI=1S/C41H26N2O/c1-2-8-31(9-3-1)41-42-36-13-4-5-14-37(36)43(41)33-23-20-28(21-24-33)27-16-18-29(19-17-27)32-22-25-34-35-12-6-10-30-11-7-15-38(40(30)35)44-39(34)26-32/h1-26H. The van der Waals surface area contributed by atoms with Crippen LogP contribution in [0.25, 0.3) is 72.3 Å². The zero-order chi connectivity index (χ0) is 29.0. The Hall–Kier alpha value is -5.93. The first kappa shape index (κ1) is 24.6. The Kier molecular flexibility index (Phi) is 5.50. The van der Waals surface area contributed by atoms with E-state index in [0.717, 1.165) is 56.3 Å². The Labute approximate surface area is 255 Å². The number of benzene rings is 7. The maximum atomic E-state index is 6.40. The number of rotatable bonds is 4. The van der Waals surface area contributed by atoms with Gasteiger partial charge in [-0.05, 0) is 75.7 Å². The maximum Gasteiger partial charge on any atom is 0.145 e. The first-order chi connectivity index (χ1) is 21.8. The molecule has 0 spiro atoms. The minimum atomic E-state index is 0.898. The molecule has 3 heteroatoms. The lowest BCUT2D eigenvalue weighted by Crippen LogP contribution is -1.97. The Morgan fingerprint density at radius 2 is 1.11 bits per heavy atom. The van der Waals surface area contributed by atoms with Crippen molar-refractivity contribution >= 4 is 21.8 Å². The number of nitrogens with zero attached hydrogens (tertiary/aromatic N) is 2. The second kappa shape index (κ2) is 9.82. The number of aromatic nitrogens is 2. The highest BCUT2D eigenvalue weighted by Gasteiger charge is 2.20. The molecule has 3 nitrogen and oxygen atoms in total. The average molecular weight is 563 g/mol. The van der Waals surface area contributed by atoms with Crippen molar-refractivity contribution in [3.63, 3.8) is 0 Å². The number of ether oxygens (including phenoxy) is 1. The summed E-state index contributed by atoms with van der Waals surface area (Å²) in [5.41, 5.74) is 11.3. The molecular weight excluding hydrogens is 536 g/mol. The third kappa shape index (κ3) is 3.94. The van der Waals surface area contributed by atoms with Crippen LogP contribution in [0.1, 0.15) is 0 Å². The predicted molar refractivity (Wildman–Crippen MR) is 180 cm³/mol. The van der Waals surface area contributed by atoms with Crippen LogP contribution in [0.4, 0.5) is 0 Å². The smallest absolute Gasteiger partial charge is 0.145 e. The molecule has 44 heavy (non-hydrogen) atoms. The van der Waals surface area contributed by atoms with E-state index in [4.69, 9.17) is 9.72 Å². The van der Waals surface area contributed by atoms with Crippen molar-refractivity contribution in [2.24, 2.45) is 0 Å². The Balaban J connectivity index is 1.03.